The van der Waals surface area contributed by atoms with Crippen molar-refractivity contribution in [2.45, 2.75) is 13.0 Å². The molecule has 0 radical (unpaired) electrons. The van der Waals surface area contributed by atoms with Gasteiger partial charge in [-0.25, -0.2) is 8.42 Å². The largest absolute Gasteiger partial charge is 0.323 e. The third-order valence-electron chi connectivity index (χ3n) is 3.10. The van der Waals surface area contributed by atoms with Crippen LogP contribution in [0.3, 0.4) is 0 Å². The number of sulfonamides is 1. The number of carbonyl (C=O) groups excluding carboxylic acids is 1. The van der Waals surface area contributed by atoms with Crippen LogP contribution < -0.4 is 9.62 Å². The normalized spacial score (nSPS) is 12.5. The van der Waals surface area contributed by atoms with Crippen molar-refractivity contribution in [1.82, 2.24) is 4.98 Å². The van der Waals surface area contributed by atoms with Crippen LogP contribution in [0.4, 0.5) is 11.4 Å². The van der Waals surface area contributed by atoms with Crippen molar-refractivity contribution in [2.75, 3.05) is 15.9 Å². The molecule has 2 rings (SSSR count). The van der Waals surface area contributed by atoms with Gasteiger partial charge in [-0.1, -0.05) is 11.6 Å². The first-order chi connectivity index (χ1) is 10.8. The second-order valence-corrected chi connectivity index (χ2v) is 7.24. The summed E-state index contributed by atoms with van der Waals surface area (Å²) in [6.45, 7) is 1.52. The van der Waals surface area contributed by atoms with E-state index in [1.165, 1.54) is 13.1 Å². The second-order valence-electron chi connectivity index (χ2n) is 4.94. The number of amides is 1. The van der Waals surface area contributed by atoms with E-state index in [-0.39, 0.29) is 0 Å². The van der Waals surface area contributed by atoms with E-state index < -0.39 is 22.0 Å². The molecule has 1 amide bonds. The van der Waals surface area contributed by atoms with Gasteiger partial charge in [0, 0.05) is 11.2 Å². The van der Waals surface area contributed by atoms with E-state index in [1.54, 1.807) is 42.6 Å². The molecule has 0 bridgehead atoms. The number of halogens is 1. The Hall–Kier alpha value is -2.12. The number of anilines is 2. The summed E-state index contributed by atoms with van der Waals surface area (Å²) in [4.78, 5) is 16.3. The summed E-state index contributed by atoms with van der Waals surface area (Å²) < 4.78 is 25.3. The molecule has 8 heteroatoms. The van der Waals surface area contributed by atoms with Crippen molar-refractivity contribution >= 4 is 38.9 Å². The van der Waals surface area contributed by atoms with Gasteiger partial charge in [-0.2, -0.15) is 0 Å². The fourth-order valence-electron chi connectivity index (χ4n) is 2.08. The van der Waals surface area contributed by atoms with Crippen LogP contribution in [0.1, 0.15) is 6.92 Å². The Kier molecular flexibility index (Phi) is 5.23. The lowest BCUT2D eigenvalue weighted by atomic mass is 10.2. The molecule has 6 nitrogen and oxygen atoms in total. The minimum atomic E-state index is -3.65. The molecule has 0 saturated heterocycles. The summed E-state index contributed by atoms with van der Waals surface area (Å²) in [5, 5.41) is 3.12. The van der Waals surface area contributed by atoms with E-state index in [2.05, 4.69) is 10.3 Å². The smallest absolute Gasteiger partial charge is 0.248 e. The van der Waals surface area contributed by atoms with Crippen molar-refractivity contribution in [3.63, 3.8) is 0 Å². The predicted molar refractivity (Wildman–Crippen MR) is 91.1 cm³/mol. The minimum Gasteiger partial charge on any atom is -0.323 e. The first-order valence-electron chi connectivity index (χ1n) is 6.75. The first kappa shape index (κ1) is 17.2. The molecule has 23 heavy (non-hydrogen) atoms. The number of rotatable bonds is 5. The third-order valence-corrected chi connectivity index (χ3v) is 4.59. The number of hydrogen-bond acceptors (Lipinski definition) is 4. The van der Waals surface area contributed by atoms with Gasteiger partial charge in [0.25, 0.3) is 0 Å². The molecule has 1 N–H and O–H groups in total. The molecule has 0 spiro atoms. The molecular formula is C15H16ClN3O3S. The maximum atomic E-state index is 12.4. The molecule has 0 saturated carbocycles. The first-order valence-corrected chi connectivity index (χ1v) is 8.97. The van der Waals surface area contributed by atoms with Crippen LogP contribution in [0.2, 0.25) is 5.02 Å². The Bertz CT molecular complexity index is 779. The highest BCUT2D eigenvalue weighted by molar-refractivity contribution is 7.92. The van der Waals surface area contributed by atoms with Crippen molar-refractivity contribution < 1.29 is 13.2 Å². The fourth-order valence-corrected chi connectivity index (χ4v) is 3.38. The number of carbonyl (C=O) groups is 1. The molecule has 1 heterocycles. The Labute approximate surface area is 140 Å². The van der Waals surface area contributed by atoms with Crippen molar-refractivity contribution in [2.24, 2.45) is 0 Å². The maximum Gasteiger partial charge on any atom is 0.248 e. The molecular weight excluding hydrogens is 338 g/mol. The topological polar surface area (TPSA) is 79.4 Å². The van der Waals surface area contributed by atoms with Crippen LogP contribution in [0.15, 0.2) is 48.8 Å². The number of benzene rings is 1. The highest BCUT2D eigenvalue weighted by atomic mass is 35.5. The quantitative estimate of drug-likeness (QED) is 0.895. The monoisotopic (exact) mass is 353 g/mol. The SMILES string of the molecule is C[C@@H](C(=O)Nc1cccnc1)N(c1ccc(Cl)cc1)S(C)(=O)=O. The summed E-state index contributed by atoms with van der Waals surface area (Å²) in [6, 6.07) is 8.65. The van der Waals surface area contributed by atoms with Crippen LogP contribution in [0, 0.1) is 0 Å². The number of pyridine rings is 1. The number of nitrogens with one attached hydrogen (secondary N) is 1. The van der Waals surface area contributed by atoms with Gasteiger partial charge in [0.15, 0.2) is 0 Å². The fraction of sp³-hybridized carbons (Fsp3) is 0.200. The van der Waals surface area contributed by atoms with Crippen LogP contribution in [0.5, 0.6) is 0 Å². The zero-order valence-corrected chi connectivity index (χ0v) is 14.2. The summed E-state index contributed by atoms with van der Waals surface area (Å²) in [6.07, 6.45) is 4.11. The number of aromatic nitrogens is 1. The van der Waals surface area contributed by atoms with E-state index >= 15 is 0 Å². The molecule has 0 unspecified atom stereocenters. The Balaban J connectivity index is 2.28. The molecule has 0 fully saturated rings. The molecule has 0 aliphatic carbocycles. The van der Waals surface area contributed by atoms with Gasteiger partial charge in [0.05, 0.1) is 23.8 Å². The van der Waals surface area contributed by atoms with E-state index in [0.29, 0.717) is 16.4 Å². The molecule has 0 aliphatic rings. The van der Waals surface area contributed by atoms with Crippen molar-refractivity contribution in [1.29, 1.82) is 0 Å². The van der Waals surface area contributed by atoms with Gasteiger partial charge < -0.3 is 5.32 Å². The van der Waals surface area contributed by atoms with Gasteiger partial charge in [-0.15, -0.1) is 0 Å². The van der Waals surface area contributed by atoms with Gasteiger partial charge in [-0.3, -0.25) is 14.1 Å². The molecule has 1 aromatic carbocycles. The number of hydrogen-bond donors (Lipinski definition) is 1. The van der Waals surface area contributed by atoms with Crippen LogP contribution >= 0.6 is 11.6 Å². The van der Waals surface area contributed by atoms with Crippen LogP contribution in [-0.2, 0) is 14.8 Å². The molecule has 2 aromatic rings. The van der Waals surface area contributed by atoms with E-state index in [9.17, 15) is 13.2 Å². The average molecular weight is 354 g/mol. The third kappa shape index (κ3) is 4.43. The van der Waals surface area contributed by atoms with Gasteiger partial charge >= 0.3 is 0 Å². The summed E-state index contributed by atoms with van der Waals surface area (Å²) in [5.41, 5.74) is 0.861. The summed E-state index contributed by atoms with van der Waals surface area (Å²) in [5.74, 6) is -0.460. The lowest BCUT2D eigenvalue weighted by molar-refractivity contribution is -0.116. The van der Waals surface area contributed by atoms with Gasteiger partial charge in [0.1, 0.15) is 6.04 Å². The Morgan fingerprint density at radius 1 is 1.26 bits per heavy atom. The summed E-state index contributed by atoms with van der Waals surface area (Å²) >= 11 is 5.83. The molecule has 0 aliphatic heterocycles. The zero-order valence-electron chi connectivity index (χ0n) is 12.6. The zero-order chi connectivity index (χ0) is 17.0. The maximum absolute atomic E-state index is 12.4. The standard InChI is InChI=1S/C15H16ClN3O3S/c1-11(15(20)18-13-4-3-9-17-10-13)19(23(2,21)22)14-7-5-12(16)6-8-14/h3-11H,1-2H3,(H,18,20)/t11-/m0/s1. The van der Waals surface area contributed by atoms with E-state index in [0.717, 1.165) is 10.6 Å². The minimum absolute atomic E-state index is 0.366. The van der Waals surface area contributed by atoms with Crippen LogP contribution in [0.25, 0.3) is 0 Å². The van der Waals surface area contributed by atoms with Gasteiger partial charge in [0.2, 0.25) is 15.9 Å². The molecule has 122 valence electrons. The molecule has 1 aromatic heterocycles. The van der Waals surface area contributed by atoms with E-state index in [1.807, 2.05) is 0 Å². The number of nitrogens with zero attached hydrogens (tertiary/aromatic N) is 2. The average Bonchev–Trinajstić information content (AvgIpc) is 2.49. The summed E-state index contributed by atoms with van der Waals surface area (Å²) in [7, 11) is -3.65. The Morgan fingerprint density at radius 3 is 2.43 bits per heavy atom. The van der Waals surface area contributed by atoms with Gasteiger partial charge in [-0.05, 0) is 43.3 Å². The second kappa shape index (κ2) is 6.97. The van der Waals surface area contributed by atoms with Crippen molar-refractivity contribution in [3.8, 4) is 0 Å². The van der Waals surface area contributed by atoms with E-state index in [4.69, 9.17) is 11.6 Å². The lowest BCUT2D eigenvalue weighted by Gasteiger charge is -2.28. The van der Waals surface area contributed by atoms with Crippen molar-refractivity contribution in [3.05, 3.63) is 53.8 Å². The highest BCUT2D eigenvalue weighted by Gasteiger charge is 2.29. The predicted octanol–water partition coefficient (Wildman–Crippen LogP) is 2.53. The van der Waals surface area contributed by atoms with Crippen LogP contribution in [-0.4, -0.2) is 31.6 Å². The highest BCUT2D eigenvalue weighted by Crippen LogP contribution is 2.23. The Morgan fingerprint density at radius 2 is 1.91 bits per heavy atom. The molecule has 1 atom stereocenters. The lowest BCUT2D eigenvalue weighted by Crippen LogP contribution is -2.45.